The van der Waals surface area contributed by atoms with Gasteiger partial charge < -0.3 is 20.6 Å². The number of hydrogen-bond acceptors (Lipinski definition) is 4. The fraction of sp³-hybridized carbons (Fsp3) is 0.190. The van der Waals surface area contributed by atoms with Crippen LogP contribution in [0.1, 0.15) is 12.5 Å². The highest BCUT2D eigenvalue weighted by Crippen LogP contribution is 2.28. The molecule has 0 radical (unpaired) electrons. The molecule has 0 spiro atoms. The Hall–Kier alpha value is -3.61. The molecular formula is C21H21N3O4. The molecule has 1 aliphatic rings. The number of anilines is 1. The molecule has 0 saturated heterocycles. The summed E-state index contributed by atoms with van der Waals surface area (Å²) in [4.78, 5) is 36.6. The second kappa shape index (κ2) is 7.96. The first-order valence-electron chi connectivity index (χ1n) is 8.78. The van der Waals surface area contributed by atoms with Gasteiger partial charge in [0.25, 0.3) is 11.8 Å². The monoisotopic (exact) mass is 379 g/mol. The highest BCUT2D eigenvalue weighted by molar-refractivity contribution is 6.06. The third kappa shape index (κ3) is 4.03. The minimum absolute atomic E-state index is 0.0691. The van der Waals surface area contributed by atoms with E-state index in [0.717, 1.165) is 16.7 Å². The van der Waals surface area contributed by atoms with Crippen LogP contribution in [-0.4, -0.2) is 41.3 Å². The van der Waals surface area contributed by atoms with Crippen molar-refractivity contribution in [2.24, 2.45) is 0 Å². The van der Waals surface area contributed by atoms with Crippen LogP contribution in [-0.2, 0) is 20.9 Å². The first-order chi connectivity index (χ1) is 13.4. The van der Waals surface area contributed by atoms with Crippen molar-refractivity contribution in [1.82, 2.24) is 10.2 Å². The van der Waals surface area contributed by atoms with Gasteiger partial charge in [-0.15, -0.1) is 0 Å². The summed E-state index contributed by atoms with van der Waals surface area (Å²) in [6.07, 6.45) is 0. The number of carbonyl (C=O) groups is 3. The average molecular weight is 379 g/mol. The molecule has 7 heteroatoms. The quantitative estimate of drug-likeness (QED) is 0.742. The topological polar surface area (TPSA) is 98.7 Å². The van der Waals surface area contributed by atoms with Crippen molar-refractivity contribution >= 4 is 23.4 Å². The number of benzene rings is 2. The van der Waals surface area contributed by atoms with E-state index in [1.54, 1.807) is 0 Å². The second-order valence-electron chi connectivity index (χ2n) is 6.60. The molecular weight excluding hydrogens is 358 g/mol. The van der Waals surface area contributed by atoms with Gasteiger partial charge in [-0.1, -0.05) is 36.4 Å². The maximum atomic E-state index is 12.3. The van der Waals surface area contributed by atoms with E-state index in [1.807, 2.05) is 48.5 Å². The lowest BCUT2D eigenvalue weighted by Gasteiger charge is -2.12. The van der Waals surface area contributed by atoms with Crippen molar-refractivity contribution in [3.05, 3.63) is 65.4 Å². The SMILES string of the molecule is CC(=O)Nc1ccccc1-c1cccc(CNC(=O)C2=C(O)C(=O)N(C)C2)c1. The number of aliphatic hydroxyl groups excluding tert-OH is 1. The molecule has 2 aromatic rings. The molecule has 0 aromatic heterocycles. The molecule has 1 heterocycles. The summed E-state index contributed by atoms with van der Waals surface area (Å²) < 4.78 is 0. The van der Waals surface area contributed by atoms with Crippen molar-refractivity contribution in [3.8, 4) is 11.1 Å². The van der Waals surface area contributed by atoms with Crippen LogP contribution >= 0.6 is 0 Å². The molecule has 28 heavy (non-hydrogen) atoms. The first kappa shape index (κ1) is 19.2. The Bertz CT molecular complexity index is 981. The van der Waals surface area contributed by atoms with E-state index < -0.39 is 17.6 Å². The molecule has 0 fully saturated rings. The Morgan fingerprint density at radius 3 is 2.57 bits per heavy atom. The summed E-state index contributed by atoms with van der Waals surface area (Å²) in [6, 6.07) is 15.0. The molecule has 0 bridgehead atoms. The predicted molar refractivity (Wildman–Crippen MR) is 105 cm³/mol. The molecule has 0 aliphatic carbocycles. The lowest BCUT2D eigenvalue weighted by atomic mass is 10.0. The lowest BCUT2D eigenvalue weighted by Crippen LogP contribution is -2.27. The zero-order valence-electron chi connectivity index (χ0n) is 15.7. The van der Waals surface area contributed by atoms with Gasteiger partial charge in [0.2, 0.25) is 5.91 Å². The summed E-state index contributed by atoms with van der Waals surface area (Å²) in [5.74, 6) is -1.68. The summed E-state index contributed by atoms with van der Waals surface area (Å²) in [5.41, 5.74) is 3.39. The molecule has 3 rings (SSSR count). The third-order valence-electron chi connectivity index (χ3n) is 4.43. The summed E-state index contributed by atoms with van der Waals surface area (Å²) in [5, 5.41) is 15.3. The Morgan fingerprint density at radius 2 is 1.89 bits per heavy atom. The van der Waals surface area contributed by atoms with Crippen molar-refractivity contribution in [2.45, 2.75) is 13.5 Å². The summed E-state index contributed by atoms with van der Waals surface area (Å²) >= 11 is 0. The maximum absolute atomic E-state index is 12.3. The minimum atomic E-state index is -0.554. The highest BCUT2D eigenvalue weighted by Gasteiger charge is 2.31. The van der Waals surface area contributed by atoms with Crippen LogP contribution in [0.2, 0.25) is 0 Å². The fourth-order valence-corrected chi connectivity index (χ4v) is 3.04. The summed E-state index contributed by atoms with van der Waals surface area (Å²) in [6.45, 7) is 1.78. The van der Waals surface area contributed by atoms with E-state index in [9.17, 15) is 19.5 Å². The van der Waals surface area contributed by atoms with Crippen molar-refractivity contribution < 1.29 is 19.5 Å². The van der Waals surface area contributed by atoms with E-state index in [-0.39, 0.29) is 24.6 Å². The van der Waals surface area contributed by atoms with Gasteiger partial charge >= 0.3 is 0 Å². The van der Waals surface area contributed by atoms with Crippen LogP contribution in [0.25, 0.3) is 11.1 Å². The molecule has 144 valence electrons. The van der Waals surface area contributed by atoms with Gasteiger partial charge in [-0.25, -0.2) is 0 Å². The van der Waals surface area contributed by atoms with Gasteiger partial charge in [0.15, 0.2) is 5.76 Å². The number of likely N-dealkylation sites (N-methyl/N-ethyl adjacent to an activating group) is 1. The number of nitrogens with one attached hydrogen (secondary N) is 2. The number of carbonyl (C=O) groups excluding carboxylic acids is 3. The number of hydrogen-bond donors (Lipinski definition) is 3. The largest absolute Gasteiger partial charge is 0.503 e. The van der Waals surface area contributed by atoms with E-state index >= 15 is 0 Å². The Labute approximate surface area is 162 Å². The van der Waals surface area contributed by atoms with E-state index in [2.05, 4.69) is 10.6 Å². The third-order valence-corrected chi connectivity index (χ3v) is 4.43. The normalized spacial score (nSPS) is 13.6. The van der Waals surface area contributed by atoms with Crippen LogP contribution in [0, 0.1) is 0 Å². The van der Waals surface area contributed by atoms with Crippen LogP contribution in [0.3, 0.4) is 0 Å². The summed E-state index contributed by atoms with van der Waals surface area (Å²) in [7, 11) is 1.52. The molecule has 0 saturated carbocycles. The van der Waals surface area contributed by atoms with Crippen LogP contribution in [0.5, 0.6) is 0 Å². The predicted octanol–water partition coefficient (Wildman–Crippen LogP) is 2.21. The van der Waals surface area contributed by atoms with Crippen molar-refractivity contribution in [3.63, 3.8) is 0 Å². The number of para-hydroxylation sites is 1. The fourth-order valence-electron chi connectivity index (χ4n) is 3.04. The number of amides is 3. The molecule has 3 N–H and O–H groups in total. The van der Waals surface area contributed by atoms with E-state index in [4.69, 9.17) is 0 Å². The van der Waals surface area contributed by atoms with Gasteiger partial charge in [0.05, 0.1) is 12.1 Å². The molecule has 2 aromatic carbocycles. The number of rotatable bonds is 5. The Balaban J connectivity index is 1.76. The number of nitrogens with zero attached hydrogens (tertiary/aromatic N) is 1. The highest BCUT2D eigenvalue weighted by atomic mass is 16.3. The smallest absolute Gasteiger partial charge is 0.289 e. The molecule has 3 amide bonds. The van der Waals surface area contributed by atoms with E-state index in [0.29, 0.717) is 5.69 Å². The lowest BCUT2D eigenvalue weighted by molar-refractivity contribution is -0.126. The standard InChI is InChI=1S/C21H21N3O4/c1-13(25)23-18-9-4-3-8-16(18)15-7-5-6-14(10-15)11-22-20(27)17-12-24(2)21(28)19(17)26/h3-10,26H,11-12H2,1-2H3,(H,22,27)(H,23,25). The zero-order valence-corrected chi connectivity index (χ0v) is 15.7. The minimum Gasteiger partial charge on any atom is -0.503 e. The van der Waals surface area contributed by atoms with Crippen LogP contribution in [0.15, 0.2) is 59.9 Å². The maximum Gasteiger partial charge on any atom is 0.289 e. The van der Waals surface area contributed by atoms with Crippen molar-refractivity contribution in [1.29, 1.82) is 0 Å². The second-order valence-corrected chi connectivity index (χ2v) is 6.60. The Kier molecular flexibility index (Phi) is 5.44. The molecule has 0 atom stereocenters. The zero-order chi connectivity index (χ0) is 20.3. The average Bonchev–Trinajstić information content (AvgIpc) is 2.94. The van der Waals surface area contributed by atoms with Gasteiger partial charge in [0, 0.05) is 31.8 Å². The molecule has 7 nitrogen and oxygen atoms in total. The number of aliphatic hydroxyl groups is 1. The van der Waals surface area contributed by atoms with E-state index in [1.165, 1.54) is 18.9 Å². The van der Waals surface area contributed by atoms with Gasteiger partial charge in [-0.3, -0.25) is 14.4 Å². The molecule has 1 aliphatic heterocycles. The van der Waals surface area contributed by atoms with Crippen LogP contribution in [0.4, 0.5) is 5.69 Å². The van der Waals surface area contributed by atoms with Crippen molar-refractivity contribution in [2.75, 3.05) is 18.9 Å². The first-order valence-corrected chi connectivity index (χ1v) is 8.78. The van der Waals surface area contributed by atoms with Crippen LogP contribution < -0.4 is 10.6 Å². The Morgan fingerprint density at radius 1 is 1.14 bits per heavy atom. The van der Waals surface area contributed by atoms with Gasteiger partial charge in [0.1, 0.15) is 0 Å². The van der Waals surface area contributed by atoms with Gasteiger partial charge in [-0.05, 0) is 23.3 Å². The molecule has 0 unspecified atom stereocenters. The van der Waals surface area contributed by atoms with Gasteiger partial charge in [-0.2, -0.15) is 0 Å².